The second-order valence-electron chi connectivity index (χ2n) is 9.34. The number of halogens is 2. The Morgan fingerprint density at radius 1 is 1.06 bits per heavy atom. The summed E-state index contributed by atoms with van der Waals surface area (Å²) >= 11 is 0. The highest BCUT2D eigenvalue weighted by Gasteiger charge is 2.24. The van der Waals surface area contributed by atoms with Crippen LogP contribution in [-0.4, -0.2) is 33.1 Å². The van der Waals surface area contributed by atoms with Gasteiger partial charge in [-0.1, -0.05) is 50.2 Å². The lowest BCUT2D eigenvalue weighted by Crippen LogP contribution is -2.25. The van der Waals surface area contributed by atoms with Gasteiger partial charge in [0.15, 0.2) is 5.65 Å². The second-order valence-corrected chi connectivity index (χ2v) is 9.34. The highest BCUT2D eigenvalue weighted by molar-refractivity contribution is 5.95. The molecule has 1 aliphatic rings. The van der Waals surface area contributed by atoms with Crippen LogP contribution < -0.4 is 10.6 Å². The summed E-state index contributed by atoms with van der Waals surface area (Å²) in [7, 11) is 0. The summed E-state index contributed by atoms with van der Waals surface area (Å²) in [5.41, 5.74) is 5.08. The number of benzene rings is 2. The zero-order valence-electron chi connectivity index (χ0n) is 19.6. The maximum atomic E-state index is 13.0. The smallest absolute Gasteiger partial charge is 0.263 e. The number of nitrogens with zero attached hydrogens (tertiary/aromatic N) is 3. The van der Waals surface area contributed by atoms with Gasteiger partial charge >= 0.3 is 0 Å². The molecule has 6 nitrogen and oxygen atoms in total. The molecule has 1 amide bonds. The number of carbonyl (C=O) groups is 1. The van der Waals surface area contributed by atoms with Crippen LogP contribution in [0.5, 0.6) is 0 Å². The van der Waals surface area contributed by atoms with Crippen molar-refractivity contribution in [2.75, 3.05) is 11.9 Å². The quantitative estimate of drug-likeness (QED) is 0.330. The van der Waals surface area contributed by atoms with E-state index in [1.165, 1.54) is 12.1 Å². The average molecular weight is 476 g/mol. The van der Waals surface area contributed by atoms with Crippen molar-refractivity contribution in [3.8, 4) is 22.5 Å². The number of anilines is 1. The lowest BCUT2D eigenvalue weighted by atomic mass is 10.1. The predicted octanol–water partition coefficient (Wildman–Crippen LogP) is 5.96. The van der Waals surface area contributed by atoms with Gasteiger partial charge in [0.05, 0.1) is 23.3 Å². The standard InChI is InChI=1S/C27H27F2N5O/c1-16(2)14-30-23-13-22(17-3-7-19(8-4-17)25(28)29)33-34-24(15-31-26(23)34)18-5-9-20(10-6-18)27(35)32-21-11-12-21/h3-10,13,15-16,21,25,30H,11-12,14H2,1-2H3,(H,32,35). The molecule has 4 aromatic rings. The zero-order valence-corrected chi connectivity index (χ0v) is 19.6. The Morgan fingerprint density at radius 3 is 2.37 bits per heavy atom. The topological polar surface area (TPSA) is 71.3 Å². The first-order valence-electron chi connectivity index (χ1n) is 11.8. The fraction of sp³-hybridized carbons (Fsp3) is 0.296. The third-order valence-electron chi connectivity index (χ3n) is 5.98. The summed E-state index contributed by atoms with van der Waals surface area (Å²) in [5.74, 6) is 0.353. The van der Waals surface area contributed by atoms with Gasteiger partial charge in [-0.25, -0.2) is 18.3 Å². The van der Waals surface area contributed by atoms with E-state index in [-0.39, 0.29) is 11.5 Å². The molecule has 1 fully saturated rings. The van der Waals surface area contributed by atoms with Gasteiger partial charge in [-0.2, -0.15) is 5.10 Å². The van der Waals surface area contributed by atoms with Crippen LogP contribution in [0.2, 0.25) is 0 Å². The van der Waals surface area contributed by atoms with Crippen molar-refractivity contribution in [1.29, 1.82) is 0 Å². The van der Waals surface area contributed by atoms with Crippen molar-refractivity contribution < 1.29 is 13.6 Å². The molecule has 2 aromatic carbocycles. The lowest BCUT2D eigenvalue weighted by Gasteiger charge is -2.13. The highest BCUT2D eigenvalue weighted by Crippen LogP contribution is 2.30. The van der Waals surface area contributed by atoms with Crippen LogP contribution in [-0.2, 0) is 0 Å². The molecule has 0 atom stereocenters. The summed E-state index contributed by atoms with van der Waals surface area (Å²) in [4.78, 5) is 17.0. The molecule has 0 saturated heterocycles. The first-order chi connectivity index (χ1) is 16.9. The minimum absolute atomic E-state index is 0.0258. The Bertz CT molecular complexity index is 1340. The molecule has 0 spiro atoms. The van der Waals surface area contributed by atoms with Gasteiger partial charge in [0.25, 0.3) is 12.3 Å². The van der Waals surface area contributed by atoms with E-state index in [2.05, 4.69) is 29.5 Å². The van der Waals surface area contributed by atoms with Crippen LogP contribution in [0.15, 0.2) is 60.8 Å². The molecule has 2 N–H and O–H groups in total. The number of nitrogens with one attached hydrogen (secondary N) is 2. The molecule has 1 aliphatic carbocycles. The van der Waals surface area contributed by atoms with E-state index in [9.17, 15) is 13.6 Å². The molecular formula is C27H27F2N5O. The lowest BCUT2D eigenvalue weighted by molar-refractivity contribution is 0.0951. The minimum Gasteiger partial charge on any atom is -0.382 e. The number of hydrogen-bond acceptors (Lipinski definition) is 4. The molecule has 2 aromatic heterocycles. The van der Waals surface area contributed by atoms with Gasteiger partial charge in [0.2, 0.25) is 0 Å². The zero-order chi connectivity index (χ0) is 24.5. The average Bonchev–Trinajstić information content (AvgIpc) is 3.57. The van der Waals surface area contributed by atoms with E-state index in [0.29, 0.717) is 28.9 Å². The molecule has 5 rings (SSSR count). The SMILES string of the molecule is CC(C)CNc1cc(-c2ccc(C(F)F)cc2)nn2c(-c3ccc(C(=O)NC4CC4)cc3)cnc12. The number of fused-ring (bicyclic) bond motifs is 1. The molecule has 0 aliphatic heterocycles. The molecule has 8 heteroatoms. The van der Waals surface area contributed by atoms with E-state index in [1.54, 1.807) is 35.0 Å². The van der Waals surface area contributed by atoms with Gasteiger partial charge in [0, 0.05) is 34.8 Å². The first kappa shape index (κ1) is 23.0. The van der Waals surface area contributed by atoms with Gasteiger partial charge in [0.1, 0.15) is 0 Å². The van der Waals surface area contributed by atoms with E-state index >= 15 is 0 Å². The number of aromatic nitrogens is 3. The van der Waals surface area contributed by atoms with Crippen LogP contribution in [0.1, 0.15) is 49.0 Å². The van der Waals surface area contributed by atoms with E-state index < -0.39 is 6.43 Å². The number of hydrogen-bond donors (Lipinski definition) is 2. The molecule has 1 saturated carbocycles. The molecule has 0 radical (unpaired) electrons. The molecule has 0 bridgehead atoms. The van der Waals surface area contributed by atoms with Crippen LogP contribution in [0.3, 0.4) is 0 Å². The van der Waals surface area contributed by atoms with Gasteiger partial charge in [-0.15, -0.1) is 0 Å². The summed E-state index contributed by atoms with van der Waals surface area (Å²) < 4.78 is 27.8. The Balaban J connectivity index is 1.53. The Hall–Kier alpha value is -3.81. The number of rotatable bonds is 8. The van der Waals surface area contributed by atoms with E-state index in [0.717, 1.165) is 41.9 Å². The molecule has 35 heavy (non-hydrogen) atoms. The predicted molar refractivity (Wildman–Crippen MR) is 133 cm³/mol. The van der Waals surface area contributed by atoms with Crippen LogP contribution in [0.25, 0.3) is 28.2 Å². The van der Waals surface area contributed by atoms with Crippen LogP contribution in [0, 0.1) is 5.92 Å². The fourth-order valence-corrected chi connectivity index (χ4v) is 3.84. The molecular weight excluding hydrogens is 448 g/mol. The first-order valence-corrected chi connectivity index (χ1v) is 11.8. The Labute approximate surface area is 202 Å². The van der Waals surface area contributed by atoms with Gasteiger partial charge in [-0.3, -0.25) is 4.79 Å². The molecule has 180 valence electrons. The van der Waals surface area contributed by atoms with Crippen LogP contribution in [0.4, 0.5) is 14.5 Å². The monoisotopic (exact) mass is 475 g/mol. The second kappa shape index (κ2) is 9.44. The summed E-state index contributed by atoms with van der Waals surface area (Å²) in [6.07, 6.45) is 1.32. The number of alkyl halides is 2. The van der Waals surface area contributed by atoms with Gasteiger partial charge in [-0.05, 0) is 37.0 Å². The highest BCUT2D eigenvalue weighted by atomic mass is 19.3. The molecule has 0 unspecified atom stereocenters. The maximum absolute atomic E-state index is 13.0. The van der Waals surface area contributed by atoms with Gasteiger partial charge < -0.3 is 10.6 Å². The van der Waals surface area contributed by atoms with Crippen molar-refractivity contribution >= 4 is 17.2 Å². The summed E-state index contributed by atoms with van der Waals surface area (Å²) in [6, 6.07) is 15.7. The van der Waals surface area contributed by atoms with Crippen molar-refractivity contribution in [2.24, 2.45) is 5.92 Å². The Kier molecular flexibility index (Phi) is 6.19. The van der Waals surface area contributed by atoms with Crippen molar-refractivity contribution in [3.05, 3.63) is 71.9 Å². The third-order valence-corrected chi connectivity index (χ3v) is 5.98. The summed E-state index contributed by atoms with van der Waals surface area (Å²) in [6.45, 7) is 4.98. The van der Waals surface area contributed by atoms with Crippen molar-refractivity contribution in [1.82, 2.24) is 19.9 Å². The van der Waals surface area contributed by atoms with E-state index in [4.69, 9.17) is 5.10 Å². The largest absolute Gasteiger partial charge is 0.382 e. The van der Waals surface area contributed by atoms with Crippen molar-refractivity contribution in [2.45, 2.75) is 39.2 Å². The maximum Gasteiger partial charge on any atom is 0.263 e. The Morgan fingerprint density at radius 2 is 1.74 bits per heavy atom. The van der Waals surface area contributed by atoms with E-state index in [1.807, 2.05) is 18.2 Å². The third kappa shape index (κ3) is 5.01. The van der Waals surface area contributed by atoms with Crippen molar-refractivity contribution in [3.63, 3.8) is 0 Å². The molecule has 2 heterocycles. The number of amides is 1. The normalized spacial score (nSPS) is 13.5. The number of imidazole rings is 1. The minimum atomic E-state index is -2.52. The fourth-order valence-electron chi connectivity index (χ4n) is 3.84. The summed E-state index contributed by atoms with van der Waals surface area (Å²) in [5, 5.41) is 11.2. The van der Waals surface area contributed by atoms with Crippen LogP contribution >= 0.6 is 0 Å². The number of carbonyl (C=O) groups excluding carboxylic acids is 1.